The van der Waals surface area contributed by atoms with Gasteiger partial charge in [-0.1, -0.05) is 13.0 Å². The lowest BCUT2D eigenvalue weighted by molar-refractivity contribution is -0.384. The second-order valence-corrected chi connectivity index (χ2v) is 4.57. The summed E-state index contributed by atoms with van der Waals surface area (Å²) in [5.41, 5.74) is 2.26. The van der Waals surface area contributed by atoms with Crippen LogP contribution >= 0.6 is 0 Å². The minimum atomic E-state index is -0.380. The minimum Gasteiger partial charge on any atom is -0.353 e. The molecule has 1 N–H and O–H groups in total. The van der Waals surface area contributed by atoms with Crippen LogP contribution in [0.2, 0.25) is 0 Å². The average Bonchev–Trinajstić information content (AvgIpc) is 2.37. The number of amides is 1. The third kappa shape index (κ3) is 2.67. The maximum absolute atomic E-state index is 11.3. The van der Waals surface area contributed by atoms with Crippen molar-refractivity contribution in [1.29, 1.82) is 0 Å². The molecule has 18 heavy (non-hydrogen) atoms. The van der Waals surface area contributed by atoms with Gasteiger partial charge in [-0.3, -0.25) is 14.9 Å². The van der Waals surface area contributed by atoms with Crippen LogP contribution in [0.1, 0.15) is 30.9 Å². The molecule has 1 unspecified atom stereocenters. The van der Waals surface area contributed by atoms with E-state index in [0.717, 1.165) is 24.0 Å². The van der Waals surface area contributed by atoms with Crippen LogP contribution < -0.4 is 5.32 Å². The number of nitrogens with one attached hydrogen (secondary N) is 1. The highest BCUT2D eigenvalue weighted by atomic mass is 16.6. The van der Waals surface area contributed by atoms with Crippen LogP contribution in [0.4, 0.5) is 5.69 Å². The normalized spacial score (nSPS) is 17.9. The third-order valence-electron chi connectivity index (χ3n) is 3.32. The Kier molecular flexibility index (Phi) is 3.60. The molecule has 0 saturated heterocycles. The number of nitro groups is 1. The van der Waals surface area contributed by atoms with Crippen molar-refractivity contribution in [3.8, 4) is 0 Å². The van der Waals surface area contributed by atoms with Crippen molar-refractivity contribution in [2.75, 3.05) is 0 Å². The van der Waals surface area contributed by atoms with Gasteiger partial charge in [0, 0.05) is 24.6 Å². The van der Waals surface area contributed by atoms with Gasteiger partial charge in [0.1, 0.15) is 0 Å². The first-order valence-electron chi connectivity index (χ1n) is 6.15. The van der Waals surface area contributed by atoms with Gasteiger partial charge < -0.3 is 5.32 Å². The summed E-state index contributed by atoms with van der Waals surface area (Å²) in [5.74, 6) is 0.0360. The molecule has 0 fully saturated rings. The van der Waals surface area contributed by atoms with E-state index in [2.05, 4.69) is 5.32 Å². The lowest BCUT2D eigenvalue weighted by Crippen LogP contribution is -2.38. The van der Waals surface area contributed by atoms with E-state index in [1.54, 1.807) is 12.1 Å². The summed E-state index contributed by atoms with van der Waals surface area (Å²) in [6.07, 6.45) is 2.92. The van der Waals surface area contributed by atoms with E-state index in [1.807, 2.05) is 13.0 Å². The number of carbonyl (C=O) groups excluding carboxylic acids is 1. The van der Waals surface area contributed by atoms with Gasteiger partial charge in [0.05, 0.1) is 4.92 Å². The zero-order chi connectivity index (χ0) is 13.1. The summed E-state index contributed by atoms with van der Waals surface area (Å²) < 4.78 is 0. The summed E-state index contributed by atoms with van der Waals surface area (Å²) in [5, 5.41) is 13.7. The van der Waals surface area contributed by atoms with Gasteiger partial charge >= 0.3 is 0 Å². The van der Waals surface area contributed by atoms with Crippen LogP contribution in [0.25, 0.3) is 0 Å². The van der Waals surface area contributed by atoms with E-state index >= 15 is 0 Å². The minimum absolute atomic E-state index is 0.0360. The number of benzene rings is 1. The van der Waals surface area contributed by atoms with Crippen LogP contribution in [0, 0.1) is 10.1 Å². The Labute approximate surface area is 105 Å². The molecule has 0 bridgehead atoms. The molecular weight excluding hydrogens is 232 g/mol. The molecule has 0 heterocycles. The van der Waals surface area contributed by atoms with Crippen LogP contribution in [0.3, 0.4) is 0 Å². The Morgan fingerprint density at radius 1 is 1.50 bits per heavy atom. The standard InChI is InChI=1S/C13H16N2O3/c1-2-13(16)14-11-5-3-9-4-6-12(15(17)18)8-10(9)7-11/h4,6,8,11H,2-3,5,7H2,1H3,(H,14,16). The number of non-ortho nitro benzene ring substituents is 1. The number of nitro benzene ring substituents is 1. The van der Waals surface area contributed by atoms with Gasteiger partial charge in [0.25, 0.3) is 5.69 Å². The highest BCUT2D eigenvalue weighted by Crippen LogP contribution is 2.25. The number of rotatable bonds is 3. The average molecular weight is 248 g/mol. The van der Waals surface area contributed by atoms with E-state index in [-0.39, 0.29) is 22.6 Å². The van der Waals surface area contributed by atoms with Gasteiger partial charge in [-0.2, -0.15) is 0 Å². The Morgan fingerprint density at radius 3 is 2.94 bits per heavy atom. The quantitative estimate of drug-likeness (QED) is 0.656. The zero-order valence-corrected chi connectivity index (χ0v) is 10.3. The van der Waals surface area contributed by atoms with Gasteiger partial charge in [0.2, 0.25) is 5.91 Å². The van der Waals surface area contributed by atoms with Crippen molar-refractivity contribution >= 4 is 11.6 Å². The molecule has 5 nitrogen and oxygen atoms in total. The van der Waals surface area contributed by atoms with Crippen LogP contribution in [-0.2, 0) is 17.6 Å². The molecule has 0 aromatic heterocycles. The van der Waals surface area contributed by atoms with E-state index in [1.165, 1.54) is 0 Å². The number of hydrogen-bond donors (Lipinski definition) is 1. The van der Waals surface area contributed by atoms with E-state index in [4.69, 9.17) is 0 Å². The van der Waals surface area contributed by atoms with Crippen molar-refractivity contribution in [2.45, 2.75) is 38.6 Å². The summed E-state index contributed by atoms with van der Waals surface area (Å²) in [6, 6.07) is 5.10. The molecule has 1 aliphatic rings. The van der Waals surface area contributed by atoms with E-state index in [0.29, 0.717) is 12.8 Å². The maximum Gasteiger partial charge on any atom is 0.269 e. The van der Waals surface area contributed by atoms with Crippen LogP contribution in [0.5, 0.6) is 0 Å². The Bertz CT molecular complexity index is 485. The predicted molar refractivity (Wildman–Crippen MR) is 67.3 cm³/mol. The SMILES string of the molecule is CCC(=O)NC1CCc2ccc([N+](=O)[O-])cc2C1. The smallest absolute Gasteiger partial charge is 0.269 e. The number of carbonyl (C=O) groups is 1. The van der Waals surface area contributed by atoms with Crippen molar-refractivity contribution in [3.05, 3.63) is 39.4 Å². The zero-order valence-electron chi connectivity index (χ0n) is 10.3. The number of aryl methyl sites for hydroxylation is 1. The third-order valence-corrected chi connectivity index (χ3v) is 3.32. The molecule has 1 atom stereocenters. The molecule has 0 aliphatic heterocycles. The van der Waals surface area contributed by atoms with E-state index < -0.39 is 0 Å². The van der Waals surface area contributed by atoms with E-state index in [9.17, 15) is 14.9 Å². The molecular formula is C13H16N2O3. The molecule has 0 spiro atoms. The van der Waals surface area contributed by atoms with Crippen molar-refractivity contribution in [2.24, 2.45) is 0 Å². The molecule has 0 saturated carbocycles. The maximum atomic E-state index is 11.3. The fourth-order valence-electron chi connectivity index (χ4n) is 2.31. The summed E-state index contributed by atoms with van der Waals surface area (Å²) in [4.78, 5) is 21.7. The largest absolute Gasteiger partial charge is 0.353 e. The molecule has 5 heteroatoms. The number of fused-ring (bicyclic) bond motifs is 1. The molecule has 1 amide bonds. The fraction of sp³-hybridized carbons (Fsp3) is 0.462. The van der Waals surface area contributed by atoms with Crippen molar-refractivity contribution in [1.82, 2.24) is 5.32 Å². The fourth-order valence-corrected chi connectivity index (χ4v) is 2.31. The van der Waals surface area contributed by atoms with Gasteiger partial charge in [-0.05, 0) is 30.4 Å². The lowest BCUT2D eigenvalue weighted by Gasteiger charge is -2.25. The second-order valence-electron chi connectivity index (χ2n) is 4.57. The topological polar surface area (TPSA) is 72.2 Å². The van der Waals surface area contributed by atoms with Gasteiger partial charge in [-0.15, -0.1) is 0 Å². The lowest BCUT2D eigenvalue weighted by atomic mass is 9.88. The molecule has 96 valence electrons. The molecule has 1 aromatic rings. The first-order valence-corrected chi connectivity index (χ1v) is 6.15. The monoisotopic (exact) mass is 248 g/mol. The van der Waals surface area contributed by atoms with Gasteiger partial charge in [0.15, 0.2) is 0 Å². The molecule has 1 aliphatic carbocycles. The molecule has 0 radical (unpaired) electrons. The highest BCUT2D eigenvalue weighted by Gasteiger charge is 2.21. The van der Waals surface area contributed by atoms with Crippen molar-refractivity contribution in [3.63, 3.8) is 0 Å². The molecule has 1 aromatic carbocycles. The number of nitrogens with zero attached hydrogens (tertiary/aromatic N) is 1. The first kappa shape index (κ1) is 12.5. The van der Waals surface area contributed by atoms with Crippen molar-refractivity contribution < 1.29 is 9.72 Å². The Morgan fingerprint density at radius 2 is 2.28 bits per heavy atom. The number of hydrogen-bond acceptors (Lipinski definition) is 3. The highest BCUT2D eigenvalue weighted by molar-refractivity contribution is 5.75. The first-order chi connectivity index (χ1) is 8.60. The van der Waals surface area contributed by atoms with Crippen LogP contribution in [0.15, 0.2) is 18.2 Å². The Hall–Kier alpha value is -1.91. The summed E-state index contributed by atoms with van der Waals surface area (Å²) >= 11 is 0. The van der Waals surface area contributed by atoms with Crippen LogP contribution in [-0.4, -0.2) is 16.9 Å². The Balaban J connectivity index is 2.14. The summed E-state index contributed by atoms with van der Waals surface area (Å²) in [7, 11) is 0. The van der Waals surface area contributed by atoms with Gasteiger partial charge in [-0.25, -0.2) is 0 Å². The molecule has 2 rings (SSSR count). The second kappa shape index (κ2) is 5.16. The predicted octanol–water partition coefficient (Wildman–Crippen LogP) is 1.98. The summed E-state index contributed by atoms with van der Waals surface area (Å²) in [6.45, 7) is 1.82.